The summed E-state index contributed by atoms with van der Waals surface area (Å²) >= 11 is 6.04. The molecule has 0 radical (unpaired) electrons. The van der Waals surface area contributed by atoms with Crippen molar-refractivity contribution >= 4 is 29.2 Å². The Morgan fingerprint density at radius 3 is 2.58 bits per heavy atom. The molecule has 0 fully saturated rings. The highest BCUT2D eigenvalue weighted by Crippen LogP contribution is 2.31. The topological polar surface area (TPSA) is 65.5 Å². The van der Waals surface area contributed by atoms with Gasteiger partial charge in [0.05, 0.1) is 0 Å². The van der Waals surface area contributed by atoms with Crippen LogP contribution in [-0.2, 0) is 11.3 Å². The first-order valence-corrected chi connectivity index (χ1v) is 10.7. The third kappa shape index (κ3) is 5.06. The second-order valence-electron chi connectivity index (χ2n) is 7.51. The maximum atomic E-state index is 12.1. The molecule has 158 valence electrons. The van der Waals surface area contributed by atoms with Crippen LogP contribution in [0.25, 0.3) is 11.1 Å². The van der Waals surface area contributed by atoms with Gasteiger partial charge in [0.25, 0.3) is 0 Å². The summed E-state index contributed by atoms with van der Waals surface area (Å²) in [6.45, 7) is 1.25. The van der Waals surface area contributed by atoms with E-state index in [1.54, 1.807) is 7.05 Å². The second kappa shape index (κ2) is 9.67. The number of carbonyl (C=O) groups excluding carboxylic acids is 1. The fourth-order valence-corrected chi connectivity index (χ4v) is 4.01. The van der Waals surface area contributed by atoms with Gasteiger partial charge in [-0.15, -0.1) is 0 Å². The first-order valence-electron chi connectivity index (χ1n) is 10.3. The fourth-order valence-electron chi connectivity index (χ4n) is 3.89. The Hall–Kier alpha value is -3.31. The summed E-state index contributed by atoms with van der Waals surface area (Å²) in [4.78, 5) is 16.4. The third-order valence-corrected chi connectivity index (χ3v) is 5.72. The van der Waals surface area contributed by atoms with Crippen molar-refractivity contribution in [2.24, 2.45) is 4.99 Å². The van der Waals surface area contributed by atoms with Crippen molar-refractivity contribution in [1.29, 1.82) is 0 Å². The van der Waals surface area contributed by atoms with Gasteiger partial charge >= 0.3 is 0 Å². The number of aliphatic imine (C=N–C) groups is 1. The van der Waals surface area contributed by atoms with Crippen molar-refractivity contribution in [2.75, 3.05) is 18.9 Å². The molecular formula is C25H25ClN4O. The number of fused-ring (bicyclic) bond motifs is 1. The number of rotatable bonds is 5. The zero-order chi connectivity index (χ0) is 21.6. The summed E-state index contributed by atoms with van der Waals surface area (Å²) in [7, 11) is 1.75. The lowest BCUT2D eigenvalue weighted by Crippen LogP contribution is -2.40. The van der Waals surface area contributed by atoms with Gasteiger partial charge in [-0.2, -0.15) is 0 Å². The molecule has 4 rings (SSSR count). The Morgan fingerprint density at radius 1 is 1.03 bits per heavy atom. The lowest BCUT2D eigenvalue weighted by molar-refractivity contribution is -0.116. The molecule has 1 aliphatic heterocycles. The van der Waals surface area contributed by atoms with E-state index in [1.807, 2.05) is 54.6 Å². The average molecular weight is 433 g/mol. The largest absolute Gasteiger partial charge is 0.356 e. The molecule has 3 aromatic rings. The summed E-state index contributed by atoms with van der Waals surface area (Å²) in [6, 6.07) is 24.1. The number of halogens is 1. The molecular weight excluding hydrogens is 408 g/mol. The molecule has 1 aliphatic rings. The number of hydrogen-bond donors (Lipinski definition) is 3. The number of para-hydroxylation sites is 1. The molecule has 1 amide bonds. The highest BCUT2D eigenvalue weighted by Gasteiger charge is 2.24. The molecule has 5 nitrogen and oxygen atoms in total. The van der Waals surface area contributed by atoms with Gasteiger partial charge in [0.1, 0.15) is 0 Å². The van der Waals surface area contributed by atoms with E-state index >= 15 is 0 Å². The van der Waals surface area contributed by atoms with Crippen LogP contribution >= 0.6 is 11.6 Å². The van der Waals surface area contributed by atoms with Crippen LogP contribution in [0.15, 0.2) is 77.8 Å². The van der Waals surface area contributed by atoms with Crippen LogP contribution < -0.4 is 16.0 Å². The number of hydrogen-bond acceptors (Lipinski definition) is 2. The highest BCUT2D eigenvalue weighted by atomic mass is 35.5. The van der Waals surface area contributed by atoms with E-state index in [-0.39, 0.29) is 11.8 Å². The first kappa shape index (κ1) is 20.9. The molecule has 0 aromatic heterocycles. The molecule has 31 heavy (non-hydrogen) atoms. The second-order valence-corrected chi connectivity index (χ2v) is 7.94. The Bertz CT molecular complexity index is 1090. The maximum Gasteiger partial charge on any atom is 0.225 e. The number of guanidine groups is 1. The zero-order valence-corrected chi connectivity index (χ0v) is 18.1. The fraction of sp³-hybridized carbons (Fsp3) is 0.200. The minimum Gasteiger partial charge on any atom is -0.356 e. The van der Waals surface area contributed by atoms with Crippen LogP contribution in [0.4, 0.5) is 5.69 Å². The standard InChI is InChI=1S/C25H25ClN4O/c1-27-25(29-16-19-14-24(31)30-23-9-5-4-8-22(19)23)28-15-18-6-2-3-7-21(18)17-10-12-20(26)13-11-17/h2-13,19H,14-16H2,1H3,(H,30,31)(H2,27,28,29). The van der Waals surface area contributed by atoms with Crippen LogP contribution in [0, 0.1) is 0 Å². The smallest absolute Gasteiger partial charge is 0.225 e. The SMILES string of the molecule is CN=C(NCc1ccccc1-c1ccc(Cl)cc1)NCC1CC(=O)Nc2ccccc21. The van der Waals surface area contributed by atoms with E-state index in [0.29, 0.717) is 25.5 Å². The van der Waals surface area contributed by atoms with Gasteiger partial charge in [0, 0.05) is 43.2 Å². The number of carbonyl (C=O) groups is 1. The van der Waals surface area contributed by atoms with Crippen molar-refractivity contribution in [1.82, 2.24) is 10.6 Å². The number of anilines is 1. The molecule has 0 spiro atoms. The quantitative estimate of drug-likeness (QED) is 0.401. The van der Waals surface area contributed by atoms with E-state index in [1.165, 1.54) is 0 Å². The van der Waals surface area contributed by atoms with Gasteiger partial charge in [0.15, 0.2) is 5.96 Å². The van der Waals surface area contributed by atoms with Crippen molar-refractivity contribution < 1.29 is 4.79 Å². The Labute approximate surface area is 187 Å². The molecule has 3 aromatic carbocycles. The number of nitrogens with zero attached hydrogens (tertiary/aromatic N) is 1. The molecule has 0 saturated heterocycles. The Morgan fingerprint density at radius 2 is 1.77 bits per heavy atom. The zero-order valence-electron chi connectivity index (χ0n) is 17.4. The van der Waals surface area contributed by atoms with E-state index in [2.05, 4.69) is 39.1 Å². The number of benzene rings is 3. The minimum absolute atomic E-state index is 0.0466. The number of amides is 1. The van der Waals surface area contributed by atoms with Crippen LogP contribution in [-0.4, -0.2) is 25.5 Å². The van der Waals surface area contributed by atoms with Crippen LogP contribution in [0.3, 0.4) is 0 Å². The van der Waals surface area contributed by atoms with E-state index < -0.39 is 0 Å². The molecule has 6 heteroatoms. The monoisotopic (exact) mass is 432 g/mol. The van der Waals surface area contributed by atoms with Crippen molar-refractivity contribution in [2.45, 2.75) is 18.9 Å². The molecule has 0 bridgehead atoms. The lowest BCUT2D eigenvalue weighted by Gasteiger charge is -2.26. The minimum atomic E-state index is 0.0466. The van der Waals surface area contributed by atoms with E-state index in [0.717, 1.165) is 33.0 Å². The van der Waals surface area contributed by atoms with Crippen LogP contribution in [0.2, 0.25) is 5.02 Å². The summed E-state index contributed by atoms with van der Waals surface area (Å²) in [5.41, 5.74) is 5.48. The van der Waals surface area contributed by atoms with Gasteiger partial charge in [-0.25, -0.2) is 0 Å². The Kier molecular flexibility index (Phi) is 6.53. The van der Waals surface area contributed by atoms with Gasteiger partial charge in [-0.1, -0.05) is 66.2 Å². The maximum absolute atomic E-state index is 12.1. The molecule has 1 unspecified atom stereocenters. The predicted octanol–water partition coefficient (Wildman–Crippen LogP) is 4.80. The first-order chi connectivity index (χ1) is 15.1. The van der Waals surface area contributed by atoms with Gasteiger partial charge in [-0.05, 0) is 40.5 Å². The van der Waals surface area contributed by atoms with Crippen molar-refractivity contribution in [3.8, 4) is 11.1 Å². The predicted molar refractivity (Wildman–Crippen MR) is 128 cm³/mol. The molecule has 0 saturated carbocycles. The molecule has 1 atom stereocenters. The lowest BCUT2D eigenvalue weighted by atomic mass is 9.90. The van der Waals surface area contributed by atoms with E-state index in [4.69, 9.17) is 11.6 Å². The van der Waals surface area contributed by atoms with Crippen molar-refractivity contribution in [3.05, 3.63) is 88.9 Å². The van der Waals surface area contributed by atoms with Crippen LogP contribution in [0.5, 0.6) is 0 Å². The average Bonchev–Trinajstić information content (AvgIpc) is 2.80. The van der Waals surface area contributed by atoms with Crippen molar-refractivity contribution in [3.63, 3.8) is 0 Å². The summed E-state index contributed by atoms with van der Waals surface area (Å²) in [5, 5.41) is 10.4. The summed E-state index contributed by atoms with van der Waals surface area (Å²) in [5.74, 6) is 0.851. The summed E-state index contributed by atoms with van der Waals surface area (Å²) in [6.07, 6.45) is 0.459. The molecule has 3 N–H and O–H groups in total. The van der Waals surface area contributed by atoms with Crippen LogP contribution in [0.1, 0.15) is 23.5 Å². The highest BCUT2D eigenvalue weighted by molar-refractivity contribution is 6.30. The molecule has 1 heterocycles. The normalized spacial score (nSPS) is 15.7. The third-order valence-electron chi connectivity index (χ3n) is 5.46. The van der Waals surface area contributed by atoms with E-state index in [9.17, 15) is 4.79 Å². The van der Waals surface area contributed by atoms with Gasteiger partial charge in [-0.3, -0.25) is 9.79 Å². The molecule has 0 aliphatic carbocycles. The summed E-state index contributed by atoms with van der Waals surface area (Å²) < 4.78 is 0. The van der Waals surface area contributed by atoms with Gasteiger partial charge < -0.3 is 16.0 Å². The number of nitrogens with one attached hydrogen (secondary N) is 3. The van der Waals surface area contributed by atoms with Gasteiger partial charge in [0.2, 0.25) is 5.91 Å². The Balaban J connectivity index is 1.41.